The van der Waals surface area contributed by atoms with E-state index in [1.54, 1.807) is 0 Å². The number of nitrogens with two attached hydrogens (primary N) is 1. The molecule has 3 fully saturated rings. The monoisotopic (exact) mass is 951 g/mol. The zero-order chi connectivity index (χ0) is 49.5. The number of carbonyl (C=O) groups is 7. The molecule has 12 atom stereocenters. The van der Waals surface area contributed by atoms with E-state index in [4.69, 9.17) is 24.7 Å². The van der Waals surface area contributed by atoms with Crippen molar-refractivity contribution in [1.82, 2.24) is 5.32 Å². The zero-order valence-corrected chi connectivity index (χ0v) is 35.4. The standard InChI is InChI=1S/C37H47F2N5O22/c1-18(45)41-26(33(53)61-14-20(66-44(58)59)15-64-43(56)57)16-62-32(52)25(40)12-31(51)60-17-29(49)37(65-30(50)5-4-8-63-42(54)55)27(47)11-21-22-10-24(38)23-9-19(46)6-7-34(23,2)36(22,39)28(48)13-35(21,37)3/h6-7,9,20-22,24-28,47-48H,4-5,8,10-17,40H2,1-3H3,(H,41,45)/t20?,21?,22?,24-,25?,26?,27+,28-,34-,35-,36-,37-/m0/s1. The number of nitrogens with zero attached hydrogens (tertiary/aromatic N) is 3. The Hall–Kier alpha value is -6.49. The van der Waals surface area contributed by atoms with Crippen molar-refractivity contribution in [2.45, 2.75) is 107 Å². The van der Waals surface area contributed by atoms with Crippen LogP contribution in [0.15, 0.2) is 23.8 Å². The Bertz CT molecular complexity index is 2040. The minimum Gasteiger partial charge on any atom is -0.462 e. The maximum Gasteiger partial charge on any atom is 0.332 e. The number of halogens is 2. The summed E-state index contributed by atoms with van der Waals surface area (Å²) < 4.78 is 54.3. The van der Waals surface area contributed by atoms with Gasteiger partial charge in [-0.15, -0.1) is 30.3 Å². The van der Waals surface area contributed by atoms with Crippen LogP contribution < -0.4 is 11.1 Å². The number of allylic oxidation sites excluding steroid dienone is 4. The van der Waals surface area contributed by atoms with Gasteiger partial charge in [0.25, 0.3) is 15.3 Å². The lowest BCUT2D eigenvalue weighted by atomic mass is 9.44. The second kappa shape index (κ2) is 20.8. The van der Waals surface area contributed by atoms with Crippen LogP contribution in [0.5, 0.6) is 0 Å². The highest BCUT2D eigenvalue weighted by Gasteiger charge is 2.79. The van der Waals surface area contributed by atoms with Gasteiger partial charge < -0.3 is 54.7 Å². The van der Waals surface area contributed by atoms with Gasteiger partial charge in [-0.3, -0.25) is 28.8 Å². The normalized spacial score (nSPS) is 30.8. The summed E-state index contributed by atoms with van der Waals surface area (Å²) in [7, 11) is 0. The average Bonchev–Trinajstić information content (AvgIpc) is 3.44. The quantitative estimate of drug-likeness (QED) is 0.0306. The number of Topliss-reactive ketones (excluding diaryl/α,β-unsaturated/α-hetero) is 1. The van der Waals surface area contributed by atoms with Crippen molar-refractivity contribution in [1.29, 1.82) is 0 Å². The molecule has 4 rings (SSSR count). The lowest BCUT2D eigenvalue weighted by Crippen LogP contribution is -2.71. The van der Waals surface area contributed by atoms with E-state index in [-0.39, 0.29) is 12.0 Å². The molecule has 66 heavy (non-hydrogen) atoms. The molecule has 1 amide bonds. The Morgan fingerprint density at radius 1 is 0.909 bits per heavy atom. The van der Waals surface area contributed by atoms with Crippen molar-refractivity contribution in [2.75, 3.05) is 33.0 Å². The number of ether oxygens (including phenoxy) is 4. The molecule has 3 saturated carbocycles. The Labute approximate surface area is 370 Å². The Morgan fingerprint density at radius 2 is 1.56 bits per heavy atom. The lowest BCUT2D eigenvalue weighted by molar-refractivity contribution is -0.790. The number of aliphatic hydroxyl groups excluding tert-OH is 2. The molecule has 0 radical (unpaired) electrons. The van der Waals surface area contributed by atoms with E-state index in [9.17, 15) is 74.1 Å². The van der Waals surface area contributed by atoms with Gasteiger partial charge in [0.15, 0.2) is 30.2 Å². The number of esters is 4. The highest BCUT2D eigenvalue weighted by molar-refractivity contribution is 6.01. The molecule has 29 heteroatoms. The molecule has 0 heterocycles. The summed E-state index contributed by atoms with van der Waals surface area (Å²) in [5.41, 5.74) is -3.68. The fourth-order valence-electron chi connectivity index (χ4n) is 9.45. The van der Waals surface area contributed by atoms with Crippen molar-refractivity contribution in [3.05, 3.63) is 54.1 Å². The van der Waals surface area contributed by atoms with Crippen LogP contribution in [0, 0.1) is 53.0 Å². The van der Waals surface area contributed by atoms with Gasteiger partial charge in [-0.25, -0.2) is 13.6 Å². The second-order valence-electron chi connectivity index (χ2n) is 16.4. The molecule has 0 bridgehead atoms. The van der Waals surface area contributed by atoms with Crippen LogP contribution in [-0.2, 0) is 67.0 Å². The van der Waals surface area contributed by atoms with Gasteiger partial charge in [-0.05, 0) is 56.3 Å². The van der Waals surface area contributed by atoms with Crippen LogP contribution in [0.1, 0.15) is 59.3 Å². The molecule has 0 aliphatic heterocycles. The summed E-state index contributed by atoms with van der Waals surface area (Å²) in [6.07, 6.45) is -8.56. The Kier molecular flexibility index (Phi) is 16.4. The van der Waals surface area contributed by atoms with Gasteiger partial charge in [-0.1, -0.05) is 13.0 Å². The third kappa shape index (κ3) is 10.8. The summed E-state index contributed by atoms with van der Waals surface area (Å²) in [5, 5.41) is 53.5. The fourth-order valence-corrected chi connectivity index (χ4v) is 9.45. The first-order valence-electron chi connectivity index (χ1n) is 20.0. The molecular weight excluding hydrogens is 904 g/mol. The van der Waals surface area contributed by atoms with Crippen molar-refractivity contribution in [3.63, 3.8) is 0 Å². The van der Waals surface area contributed by atoms with Gasteiger partial charge >= 0.3 is 23.9 Å². The van der Waals surface area contributed by atoms with E-state index in [0.29, 0.717) is 0 Å². The molecule has 5 unspecified atom stereocenters. The fraction of sp³-hybridized carbons (Fsp3) is 0.703. The number of aliphatic hydroxyl groups is 2. The summed E-state index contributed by atoms with van der Waals surface area (Å²) in [6, 6.07) is -3.71. The van der Waals surface area contributed by atoms with Crippen LogP contribution in [0.4, 0.5) is 8.78 Å². The predicted octanol–water partition coefficient (Wildman–Crippen LogP) is -1.25. The van der Waals surface area contributed by atoms with E-state index in [2.05, 4.69) is 19.8 Å². The summed E-state index contributed by atoms with van der Waals surface area (Å²) >= 11 is 0. The molecule has 5 N–H and O–H groups in total. The molecule has 4 aliphatic carbocycles. The number of alkyl halides is 2. The van der Waals surface area contributed by atoms with Crippen molar-refractivity contribution >= 4 is 41.4 Å². The van der Waals surface area contributed by atoms with Gasteiger partial charge in [0.1, 0.15) is 38.1 Å². The number of amides is 1. The summed E-state index contributed by atoms with van der Waals surface area (Å²) in [4.78, 5) is 134. The van der Waals surface area contributed by atoms with Crippen LogP contribution in [0.25, 0.3) is 0 Å². The zero-order valence-electron chi connectivity index (χ0n) is 35.4. The SMILES string of the molecule is CC(=O)NC(COC(=O)C(N)CC(=O)OCC(=O)[C@@]1(OC(=O)CCCO[N+](=O)[O-])[C@H](O)CC2C3C[C@H](F)C4=CC(=O)C=C[C@]4(C)[C@@]3(F)[C@@H](O)C[C@@]21C)C(=O)OCC(CO[N+](=O)[O-])O[N+](=O)[O-]. The van der Waals surface area contributed by atoms with Crippen LogP contribution in [0.3, 0.4) is 0 Å². The number of ketones is 2. The topological polar surface area (TPSA) is 392 Å². The first kappa shape index (κ1) is 52.1. The van der Waals surface area contributed by atoms with E-state index in [0.717, 1.165) is 25.2 Å². The molecule has 0 aromatic rings. The molecule has 0 spiro atoms. The lowest BCUT2D eigenvalue weighted by Gasteiger charge is -2.63. The van der Waals surface area contributed by atoms with Crippen LogP contribution in [-0.4, -0.2) is 148 Å². The first-order valence-corrected chi connectivity index (χ1v) is 20.0. The molecular formula is C37H47F2N5O22. The molecule has 0 aromatic carbocycles. The predicted molar refractivity (Wildman–Crippen MR) is 204 cm³/mol. The number of fused-ring (bicyclic) bond motifs is 5. The van der Waals surface area contributed by atoms with Gasteiger partial charge in [0.2, 0.25) is 17.3 Å². The third-order valence-electron chi connectivity index (χ3n) is 12.3. The molecule has 0 aromatic heterocycles. The van der Waals surface area contributed by atoms with E-state index in [1.807, 2.05) is 0 Å². The molecule has 366 valence electrons. The van der Waals surface area contributed by atoms with Crippen molar-refractivity contribution in [3.8, 4) is 0 Å². The highest BCUT2D eigenvalue weighted by Crippen LogP contribution is 2.70. The number of rotatable bonds is 23. The average molecular weight is 952 g/mol. The maximum absolute atomic E-state index is 17.8. The van der Waals surface area contributed by atoms with Crippen LogP contribution >= 0.6 is 0 Å². The third-order valence-corrected chi connectivity index (χ3v) is 12.3. The minimum atomic E-state index is -2.74. The smallest absolute Gasteiger partial charge is 0.332 e. The maximum atomic E-state index is 17.8. The number of hydrogen-bond acceptors (Lipinski definition) is 23. The second-order valence-corrected chi connectivity index (χ2v) is 16.4. The van der Waals surface area contributed by atoms with Gasteiger partial charge in [0.05, 0.1) is 19.1 Å². The van der Waals surface area contributed by atoms with E-state index in [1.165, 1.54) is 13.8 Å². The molecule has 27 nitrogen and oxygen atoms in total. The van der Waals surface area contributed by atoms with Crippen LogP contribution in [0.2, 0.25) is 0 Å². The van der Waals surface area contributed by atoms with Gasteiger partial charge in [0, 0.05) is 30.1 Å². The highest BCUT2D eigenvalue weighted by atomic mass is 19.1. The number of hydrogen-bond donors (Lipinski definition) is 4. The van der Waals surface area contributed by atoms with E-state index < -0.39 is 192 Å². The number of carbonyl (C=O) groups excluding carboxylic acids is 7. The van der Waals surface area contributed by atoms with Crippen molar-refractivity contribution in [2.24, 2.45) is 28.4 Å². The van der Waals surface area contributed by atoms with Gasteiger partial charge in [-0.2, -0.15) is 0 Å². The minimum absolute atomic E-state index is 0.222. The Balaban J connectivity index is 1.49. The largest absolute Gasteiger partial charge is 0.462 e. The number of nitrogens with one attached hydrogen (secondary N) is 1. The molecule has 4 aliphatic rings. The van der Waals surface area contributed by atoms with E-state index >= 15 is 8.78 Å². The molecule has 0 saturated heterocycles. The Morgan fingerprint density at radius 3 is 2.18 bits per heavy atom. The summed E-state index contributed by atoms with van der Waals surface area (Å²) in [5.74, 6) is -10.9. The summed E-state index contributed by atoms with van der Waals surface area (Å²) in [6.45, 7) is -1.48. The van der Waals surface area contributed by atoms with Crippen molar-refractivity contribution < 1.29 is 101 Å². The first-order chi connectivity index (χ1) is 30.7.